The quantitative estimate of drug-likeness (QED) is 0.645. The van der Waals surface area contributed by atoms with E-state index >= 15 is 0 Å². The van der Waals surface area contributed by atoms with Crippen molar-refractivity contribution in [1.29, 1.82) is 0 Å². The highest BCUT2D eigenvalue weighted by molar-refractivity contribution is 6.30. The molecule has 1 saturated carbocycles. The van der Waals surface area contributed by atoms with Crippen molar-refractivity contribution in [3.8, 4) is 11.3 Å². The number of halogens is 3. The van der Waals surface area contributed by atoms with Crippen LogP contribution in [0.25, 0.3) is 11.3 Å². The molecule has 0 radical (unpaired) electrons. The van der Waals surface area contributed by atoms with Crippen molar-refractivity contribution < 1.29 is 8.78 Å². The molecule has 26 heavy (non-hydrogen) atoms. The highest BCUT2D eigenvalue weighted by Crippen LogP contribution is 2.39. The van der Waals surface area contributed by atoms with Crippen LogP contribution in [0.15, 0.2) is 47.3 Å². The van der Waals surface area contributed by atoms with E-state index in [2.05, 4.69) is 10.1 Å². The highest BCUT2D eigenvalue weighted by Gasteiger charge is 2.28. The molecular formula is C19H14ClF2N3O. The molecular weight excluding hydrogens is 360 g/mol. The number of hydrogen-bond donors (Lipinski definition) is 0. The molecule has 1 aliphatic carbocycles. The van der Waals surface area contributed by atoms with Gasteiger partial charge in [-0.25, -0.2) is 4.68 Å². The van der Waals surface area contributed by atoms with Crippen molar-refractivity contribution in [2.75, 3.05) is 0 Å². The Balaban J connectivity index is 1.81. The van der Waals surface area contributed by atoms with Gasteiger partial charge in [0, 0.05) is 10.6 Å². The maximum atomic E-state index is 14.1. The minimum absolute atomic E-state index is 0.0677. The molecule has 0 unspecified atom stereocenters. The first-order valence-corrected chi connectivity index (χ1v) is 8.58. The zero-order chi connectivity index (χ0) is 18.3. The molecule has 3 aromatic rings. The molecule has 1 aliphatic rings. The van der Waals surface area contributed by atoms with E-state index in [1.807, 2.05) is 0 Å². The van der Waals surface area contributed by atoms with Crippen LogP contribution in [0.1, 0.15) is 29.9 Å². The van der Waals surface area contributed by atoms with Gasteiger partial charge in [0.15, 0.2) is 0 Å². The molecule has 132 valence electrons. The Hall–Kier alpha value is -2.60. The Kier molecular flexibility index (Phi) is 4.28. The molecule has 2 heterocycles. The number of benzene rings is 1. The molecule has 0 N–H and O–H groups in total. The number of pyridine rings is 1. The summed E-state index contributed by atoms with van der Waals surface area (Å²) in [6.45, 7) is 0.236. The van der Waals surface area contributed by atoms with E-state index < -0.39 is 11.9 Å². The van der Waals surface area contributed by atoms with Gasteiger partial charge in [-0.05, 0) is 54.7 Å². The maximum absolute atomic E-state index is 14.1. The molecule has 0 amide bonds. The minimum Gasteiger partial charge on any atom is -0.267 e. The second kappa shape index (κ2) is 6.61. The second-order valence-corrected chi connectivity index (χ2v) is 6.76. The third-order valence-corrected chi connectivity index (χ3v) is 4.61. The average Bonchev–Trinajstić information content (AvgIpc) is 3.44. The normalized spacial score (nSPS) is 13.8. The third-order valence-electron chi connectivity index (χ3n) is 4.36. The van der Waals surface area contributed by atoms with E-state index in [4.69, 9.17) is 11.6 Å². The Labute approximate surface area is 153 Å². The Bertz CT molecular complexity index is 1030. The van der Waals surface area contributed by atoms with Crippen LogP contribution in [0.5, 0.6) is 0 Å². The fourth-order valence-corrected chi connectivity index (χ4v) is 2.98. The monoisotopic (exact) mass is 373 g/mol. The summed E-state index contributed by atoms with van der Waals surface area (Å²) in [4.78, 5) is 16.0. The highest BCUT2D eigenvalue weighted by atomic mass is 35.5. The van der Waals surface area contributed by atoms with Crippen LogP contribution < -0.4 is 5.56 Å². The van der Waals surface area contributed by atoms with E-state index in [9.17, 15) is 13.6 Å². The van der Waals surface area contributed by atoms with E-state index in [0.717, 1.165) is 24.5 Å². The largest absolute Gasteiger partial charge is 0.270 e. The van der Waals surface area contributed by atoms with Gasteiger partial charge in [0.05, 0.1) is 17.8 Å². The number of nitrogens with zero attached hydrogens (tertiary/aromatic N) is 3. The van der Waals surface area contributed by atoms with Crippen LogP contribution in [0.4, 0.5) is 8.78 Å². The lowest BCUT2D eigenvalue weighted by Gasteiger charge is -2.11. The summed E-state index contributed by atoms with van der Waals surface area (Å²) in [6, 6.07) is 11.0. The number of hydrogen-bond acceptors (Lipinski definition) is 3. The number of aromatic nitrogens is 3. The van der Waals surface area contributed by atoms with Gasteiger partial charge in [-0.15, -0.1) is 0 Å². The van der Waals surface area contributed by atoms with Crippen LogP contribution in [0.2, 0.25) is 5.02 Å². The zero-order valence-electron chi connectivity index (χ0n) is 13.6. The Morgan fingerprint density at radius 3 is 2.50 bits per heavy atom. The predicted molar refractivity (Wildman–Crippen MR) is 94.2 cm³/mol. The van der Waals surface area contributed by atoms with Crippen molar-refractivity contribution in [3.05, 3.63) is 80.9 Å². The number of rotatable bonds is 4. The van der Waals surface area contributed by atoms with Crippen molar-refractivity contribution in [2.24, 2.45) is 0 Å². The molecule has 1 aromatic carbocycles. The summed E-state index contributed by atoms with van der Waals surface area (Å²) in [5, 5.41) is 4.89. The summed E-state index contributed by atoms with van der Waals surface area (Å²) in [6.07, 6.45) is 1.84. The smallest absolute Gasteiger partial charge is 0.267 e. The molecule has 0 saturated heterocycles. The van der Waals surface area contributed by atoms with Crippen LogP contribution in [0, 0.1) is 11.9 Å². The summed E-state index contributed by atoms with van der Waals surface area (Å²) in [7, 11) is 0. The van der Waals surface area contributed by atoms with Crippen LogP contribution in [-0.2, 0) is 6.54 Å². The summed E-state index contributed by atoms with van der Waals surface area (Å²) >= 11 is 5.89. The molecule has 0 spiro atoms. The molecule has 0 aliphatic heterocycles. The lowest BCUT2D eigenvalue weighted by Crippen LogP contribution is -2.27. The predicted octanol–water partition coefficient (Wildman–Crippen LogP) is 4.16. The summed E-state index contributed by atoms with van der Waals surface area (Å²) in [5.74, 6) is -1.68. The van der Waals surface area contributed by atoms with Crippen molar-refractivity contribution in [1.82, 2.24) is 14.8 Å². The van der Waals surface area contributed by atoms with Gasteiger partial charge in [0.25, 0.3) is 5.56 Å². The van der Waals surface area contributed by atoms with Gasteiger partial charge in [-0.3, -0.25) is 4.79 Å². The van der Waals surface area contributed by atoms with Gasteiger partial charge in [0.1, 0.15) is 0 Å². The molecule has 0 atom stereocenters. The Morgan fingerprint density at radius 2 is 1.85 bits per heavy atom. The van der Waals surface area contributed by atoms with Crippen molar-refractivity contribution >= 4 is 11.6 Å². The molecule has 2 aromatic heterocycles. The fraction of sp³-hybridized carbons (Fsp3) is 0.211. The molecule has 1 fully saturated rings. The van der Waals surface area contributed by atoms with Crippen LogP contribution in [-0.4, -0.2) is 14.8 Å². The van der Waals surface area contributed by atoms with Crippen LogP contribution >= 0.6 is 11.6 Å². The lowest BCUT2D eigenvalue weighted by molar-refractivity contribution is 0.514. The van der Waals surface area contributed by atoms with E-state index in [-0.39, 0.29) is 29.3 Å². The average molecular weight is 374 g/mol. The fourth-order valence-electron chi connectivity index (χ4n) is 2.85. The van der Waals surface area contributed by atoms with E-state index in [1.165, 1.54) is 10.7 Å². The third kappa shape index (κ3) is 3.37. The molecule has 4 rings (SSSR count). The first kappa shape index (κ1) is 16.8. The summed E-state index contributed by atoms with van der Waals surface area (Å²) < 4.78 is 28.5. The molecule has 0 bridgehead atoms. The van der Waals surface area contributed by atoms with Gasteiger partial charge in [-0.1, -0.05) is 23.7 Å². The summed E-state index contributed by atoms with van der Waals surface area (Å²) in [5.41, 5.74) is 1.60. The lowest BCUT2D eigenvalue weighted by atomic mass is 10.1. The van der Waals surface area contributed by atoms with E-state index in [1.54, 1.807) is 30.3 Å². The molecule has 4 nitrogen and oxygen atoms in total. The molecule has 7 heteroatoms. The Morgan fingerprint density at radius 1 is 1.12 bits per heavy atom. The van der Waals surface area contributed by atoms with E-state index in [0.29, 0.717) is 10.6 Å². The van der Waals surface area contributed by atoms with Crippen molar-refractivity contribution in [2.45, 2.75) is 25.3 Å². The maximum Gasteiger partial charge on any atom is 0.270 e. The van der Waals surface area contributed by atoms with Crippen molar-refractivity contribution in [3.63, 3.8) is 0 Å². The SMILES string of the molecule is O=c1c(C2CC2)cc(-c2ccc(F)nc2F)nn1Cc1ccc(Cl)cc1. The van der Waals surface area contributed by atoms with Gasteiger partial charge in [-0.2, -0.15) is 18.9 Å². The van der Waals surface area contributed by atoms with Gasteiger partial charge >= 0.3 is 0 Å². The minimum atomic E-state index is -0.948. The topological polar surface area (TPSA) is 47.8 Å². The second-order valence-electron chi connectivity index (χ2n) is 6.32. The van der Waals surface area contributed by atoms with Gasteiger partial charge < -0.3 is 0 Å². The first-order valence-electron chi connectivity index (χ1n) is 8.20. The van der Waals surface area contributed by atoms with Gasteiger partial charge in [0.2, 0.25) is 11.9 Å². The standard InChI is InChI=1S/C19H14ClF2N3O/c20-13-5-1-11(2-6-13)10-25-19(26)15(12-3-4-12)9-16(24-25)14-7-8-17(21)23-18(14)22/h1-2,5-9,12H,3-4,10H2. The first-order chi connectivity index (χ1) is 12.5. The zero-order valence-corrected chi connectivity index (χ0v) is 14.4. The van der Waals surface area contributed by atoms with Crippen LogP contribution in [0.3, 0.4) is 0 Å².